The van der Waals surface area contributed by atoms with Gasteiger partial charge < -0.3 is 14.5 Å². The third-order valence-electron chi connectivity index (χ3n) is 4.33. The SMILES string of the molecule is Cc1nc(C(=O)NCCCOCc2ccco2)nn1-c1ccccc1C(C)C. The zero-order valence-electron chi connectivity index (χ0n) is 16.5. The minimum atomic E-state index is -0.282. The van der Waals surface area contributed by atoms with E-state index >= 15 is 0 Å². The summed E-state index contributed by atoms with van der Waals surface area (Å²) in [5.41, 5.74) is 2.11. The Labute approximate surface area is 164 Å². The summed E-state index contributed by atoms with van der Waals surface area (Å²) in [5.74, 6) is 1.71. The number of hydrogen-bond donors (Lipinski definition) is 1. The van der Waals surface area contributed by atoms with Gasteiger partial charge in [0, 0.05) is 13.2 Å². The van der Waals surface area contributed by atoms with Crippen LogP contribution in [0.15, 0.2) is 47.1 Å². The fourth-order valence-electron chi connectivity index (χ4n) is 2.91. The first kappa shape index (κ1) is 19.8. The zero-order valence-corrected chi connectivity index (χ0v) is 16.5. The highest BCUT2D eigenvalue weighted by molar-refractivity contribution is 5.90. The van der Waals surface area contributed by atoms with E-state index in [0.717, 1.165) is 17.0 Å². The first-order valence-electron chi connectivity index (χ1n) is 9.47. The van der Waals surface area contributed by atoms with Gasteiger partial charge in [-0.1, -0.05) is 32.0 Å². The molecule has 7 heteroatoms. The molecule has 0 saturated heterocycles. The predicted octanol–water partition coefficient (Wildman–Crippen LogP) is 3.63. The summed E-state index contributed by atoms with van der Waals surface area (Å²) < 4.78 is 12.4. The van der Waals surface area contributed by atoms with Gasteiger partial charge in [0.25, 0.3) is 5.91 Å². The summed E-state index contributed by atoms with van der Waals surface area (Å²) in [5, 5.41) is 7.26. The maximum Gasteiger partial charge on any atom is 0.290 e. The summed E-state index contributed by atoms with van der Waals surface area (Å²) in [7, 11) is 0. The molecule has 2 aromatic heterocycles. The summed E-state index contributed by atoms with van der Waals surface area (Å²) in [6.45, 7) is 7.57. The minimum absolute atomic E-state index is 0.174. The van der Waals surface area contributed by atoms with Crippen molar-refractivity contribution in [2.24, 2.45) is 0 Å². The fraction of sp³-hybridized carbons (Fsp3) is 0.381. The molecule has 1 aromatic carbocycles. The lowest BCUT2D eigenvalue weighted by molar-refractivity contribution is 0.0908. The average molecular weight is 382 g/mol. The van der Waals surface area contributed by atoms with E-state index in [0.29, 0.717) is 37.9 Å². The van der Waals surface area contributed by atoms with Gasteiger partial charge in [0.2, 0.25) is 5.82 Å². The van der Waals surface area contributed by atoms with Crippen LogP contribution in [0.4, 0.5) is 0 Å². The molecule has 7 nitrogen and oxygen atoms in total. The standard InChI is InChI=1S/C21H26N4O3/c1-15(2)18-9-4-5-10-19(18)25-16(3)23-20(24-25)21(26)22-11-7-12-27-14-17-8-6-13-28-17/h4-6,8-10,13,15H,7,11-12,14H2,1-3H3,(H,22,26). The monoisotopic (exact) mass is 382 g/mol. The van der Waals surface area contributed by atoms with Crippen LogP contribution in [-0.4, -0.2) is 33.8 Å². The maximum atomic E-state index is 12.4. The summed E-state index contributed by atoms with van der Waals surface area (Å²) in [6.07, 6.45) is 2.31. The molecule has 0 radical (unpaired) electrons. The second-order valence-corrected chi connectivity index (χ2v) is 6.85. The van der Waals surface area contributed by atoms with E-state index < -0.39 is 0 Å². The number of para-hydroxylation sites is 1. The molecule has 2 heterocycles. The van der Waals surface area contributed by atoms with Gasteiger partial charge >= 0.3 is 0 Å². The molecule has 0 saturated carbocycles. The molecule has 1 amide bonds. The topological polar surface area (TPSA) is 82.2 Å². The van der Waals surface area contributed by atoms with Crippen LogP contribution in [0.5, 0.6) is 0 Å². The number of amides is 1. The lowest BCUT2D eigenvalue weighted by Crippen LogP contribution is -2.26. The molecule has 0 aliphatic carbocycles. The van der Waals surface area contributed by atoms with Crippen molar-refractivity contribution >= 4 is 5.91 Å². The first-order chi connectivity index (χ1) is 13.6. The predicted molar refractivity (Wildman–Crippen MR) is 105 cm³/mol. The number of aromatic nitrogens is 3. The molecule has 28 heavy (non-hydrogen) atoms. The Morgan fingerprint density at radius 1 is 1.25 bits per heavy atom. The molecule has 0 aliphatic rings. The summed E-state index contributed by atoms with van der Waals surface area (Å²) in [4.78, 5) is 16.7. The van der Waals surface area contributed by atoms with Crippen LogP contribution in [0.3, 0.4) is 0 Å². The van der Waals surface area contributed by atoms with Crippen molar-refractivity contribution in [1.82, 2.24) is 20.1 Å². The highest BCUT2D eigenvalue weighted by atomic mass is 16.5. The largest absolute Gasteiger partial charge is 0.467 e. The Kier molecular flexibility index (Phi) is 6.60. The lowest BCUT2D eigenvalue weighted by Gasteiger charge is -2.12. The van der Waals surface area contributed by atoms with E-state index in [4.69, 9.17) is 9.15 Å². The molecule has 0 spiro atoms. The van der Waals surface area contributed by atoms with Gasteiger partial charge in [-0.2, -0.15) is 0 Å². The van der Waals surface area contributed by atoms with Crippen LogP contribution in [0.2, 0.25) is 0 Å². The van der Waals surface area contributed by atoms with Gasteiger partial charge in [-0.25, -0.2) is 9.67 Å². The van der Waals surface area contributed by atoms with Crippen molar-refractivity contribution in [3.63, 3.8) is 0 Å². The Hall–Kier alpha value is -2.93. The van der Waals surface area contributed by atoms with Crippen molar-refractivity contribution in [1.29, 1.82) is 0 Å². The number of furan rings is 1. The Bertz CT molecular complexity index is 900. The smallest absolute Gasteiger partial charge is 0.290 e. The quantitative estimate of drug-likeness (QED) is 0.572. The molecular weight excluding hydrogens is 356 g/mol. The Balaban J connectivity index is 1.53. The molecule has 1 N–H and O–H groups in total. The molecule has 0 unspecified atom stereocenters. The maximum absolute atomic E-state index is 12.4. The summed E-state index contributed by atoms with van der Waals surface area (Å²) >= 11 is 0. The van der Waals surface area contributed by atoms with Gasteiger partial charge in [0.15, 0.2) is 0 Å². The van der Waals surface area contributed by atoms with Gasteiger partial charge in [0.1, 0.15) is 18.2 Å². The number of carbonyl (C=O) groups is 1. The number of rotatable bonds is 9. The molecule has 3 aromatic rings. The van der Waals surface area contributed by atoms with Gasteiger partial charge in [-0.05, 0) is 43.0 Å². The highest BCUT2D eigenvalue weighted by Crippen LogP contribution is 2.23. The molecular formula is C21H26N4O3. The van der Waals surface area contributed by atoms with E-state index in [9.17, 15) is 4.79 Å². The molecule has 3 rings (SSSR count). The van der Waals surface area contributed by atoms with Crippen molar-refractivity contribution in [3.8, 4) is 5.69 Å². The molecule has 148 valence electrons. The van der Waals surface area contributed by atoms with E-state index in [1.807, 2.05) is 37.3 Å². The van der Waals surface area contributed by atoms with E-state index in [1.165, 1.54) is 0 Å². The number of carbonyl (C=O) groups excluding carboxylic acids is 1. The van der Waals surface area contributed by atoms with Crippen LogP contribution in [0.25, 0.3) is 5.69 Å². The highest BCUT2D eigenvalue weighted by Gasteiger charge is 2.17. The zero-order chi connectivity index (χ0) is 19.9. The van der Waals surface area contributed by atoms with Crippen molar-refractivity contribution in [3.05, 3.63) is 65.6 Å². The summed E-state index contributed by atoms with van der Waals surface area (Å²) in [6, 6.07) is 11.7. The number of nitrogens with zero attached hydrogens (tertiary/aromatic N) is 3. The van der Waals surface area contributed by atoms with Crippen LogP contribution in [0, 0.1) is 6.92 Å². The molecule has 0 atom stereocenters. The van der Waals surface area contributed by atoms with Crippen LogP contribution in [-0.2, 0) is 11.3 Å². The van der Waals surface area contributed by atoms with E-state index in [1.54, 1.807) is 10.9 Å². The average Bonchev–Trinajstić information content (AvgIpc) is 3.34. The fourth-order valence-corrected chi connectivity index (χ4v) is 2.91. The molecule has 0 aliphatic heterocycles. The van der Waals surface area contributed by atoms with E-state index in [2.05, 4.69) is 35.3 Å². The van der Waals surface area contributed by atoms with Crippen molar-refractivity contribution < 1.29 is 13.9 Å². The number of benzene rings is 1. The third kappa shape index (κ3) is 4.86. The number of nitrogens with one attached hydrogen (secondary N) is 1. The molecule has 0 fully saturated rings. The number of hydrogen-bond acceptors (Lipinski definition) is 5. The van der Waals surface area contributed by atoms with Crippen molar-refractivity contribution in [2.45, 2.75) is 39.7 Å². The normalized spacial score (nSPS) is 11.1. The van der Waals surface area contributed by atoms with Crippen molar-refractivity contribution in [2.75, 3.05) is 13.2 Å². The van der Waals surface area contributed by atoms with Crippen LogP contribution >= 0.6 is 0 Å². The second kappa shape index (κ2) is 9.32. The Morgan fingerprint density at radius 3 is 2.82 bits per heavy atom. The lowest BCUT2D eigenvalue weighted by atomic mass is 10.0. The second-order valence-electron chi connectivity index (χ2n) is 6.85. The van der Waals surface area contributed by atoms with Gasteiger partial charge in [-0.15, -0.1) is 5.10 Å². The first-order valence-corrected chi connectivity index (χ1v) is 9.47. The van der Waals surface area contributed by atoms with Gasteiger partial charge in [0.05, 0.1) is 12.0 Å². The van der Waals surface area contributed by atoms with Crippen LogP contribution in [0.1, 0.15) is 54.0 Å². The van der Waals surface area contributed by atoms with Crippen LogP contribution < -0.4 is 5.32 Å². The minimum Gasteiger partial charge on any atom is -0.467 e. The number of ether oxygens (including phenoxy) is 1. The Morgan fingerprint density at radius 2 is 2.07 bits per heavy atom. The number of aryl methyl sites for hydroxylation is 1. The van der Waals surface area contributed by atoms with E-state index in [-0.39, 0.29) is 11.7 Å². The molecule has 0 bridgehead atoms. The third-order valence-corrected chi connectivity index (χ3v) is 4.33. The van der Waals surface area contributed by atoms with Gasteiger partial charge in [-0.3, -0.25) is 4.79 Å².